The first-order chi connectivity index (χ1) is 14.7. The fraction of sp³-hybridized carbons (Fsp3) is 0.391. The van der Waals surface area contributed by atoms with E-state index in [4.69, 9.17) is 9.47 Å². The Kier molecular flexibility index (Phi) is 6.37. The Bertz CT molecular complexity index is 887. The third kappa shape index (κ3) is 5.23. The summed E-state index contributed by atoms with van der Waals surface area (Å²) in [5.74, 6) is 1.79. The van der Waals surface area contributed by atoms with Crippen LogP contribution in [0, 0.1) is 5.92 Å². The molecule has 158 valence electrons. The number of hydrogen-bond donors (Lipinski definition) is 2. The van der Waals surface area contributed by atoms with E-state index in [0.29, 0.717) is 56.5 Å². The largest absolute Gasteiger partial charge is 0.486 e. The zero-order valence-corrected chi connectivity index (χ0v) is 16.9. The van der Waals surface area contributed by atoms with E-state index in [2.05, 4.69) is 10.6 Å². The van der Waals surface area contributed by atoms with Crippen molar-refractivity contribution >= 4 is 17.6 Å². The number of carbonyl (C=O) groups is 2. The minimum Gasteiger partial charge on any atom is -0.486 e. The van der Waals surface area contributed by atoms with Crippen molar-refractivity contribution in [3.63, 3.8) is 0 Å². The molecule has 2 aromatic carbocycles. The number of benzene rings is 2. The van der Waals surface area contributed by atoms with E-state index < -0.39 is 0 Å². The summed E-state index contributed by atoms with van der Waals surface area (Å²) < 4.78 is 11.0. The molecular weight excluding hydrogens is 382 g/mol. The van der Waals surface area contributed by atoms with E-state index in [0.717, 1.165) is 18.4 Å². The molecule has 2 heterocycles. The van der Waals surface area contributed by atoms with Gasteiger partial charge in [-0.15, -0.1) is 0 Å². The van der Waals surface area contributed by atoms with Gasteiger partial charge in [0.1, 0.15) is 13.2 Å². The number of hydrogen-bond acceptors (Lipinski definition) is 4. The molecule has 0 radical (unpaired) electrons. The molecule has 1 fully saturated rings. The van der Waals surface area contributed by atoms with Gasteiger partial charge in [-0.1, -0.05) is 30.3 Å². The van der Waals surface area contributed by atoms with Gasteiger partial charge in [-0.3, -0.25) is 4.79 Å². The lowest BCUT2D eigenvalue weighted by molar-refractivity contribution is -0.131. The molecule has 1 unspecified atom stereocenters. The molecule has 0 saturated carbocycles. The van der Waals surface area contributed by atoms with Crippen LogP contribution in [0.3, 0.4) is 0 Å². The van der Waals surface area contributed by atoms with Gasteiger partial charge < -0.3 is 25.0 Å². The minimum atomic E-state index is -0.261. The predicted molar refractivity (Wildman–Crippen MR) is 114 cm³/mol. The van der Waals surface area contributed by atoms with E-state index in [-0.39, 0.29) is 17.9 Å². The SMILES string of the molecule is O=C(NCC1CCC(=O)N(Cc2ccccc2)CC1)Nc1ccc2c(c1)OCCO2. The number of nitrogens with zero attached hydrogens (tertiary/aromatic N) is 1. The average Bonchev–Trinajstić information content (AvgIpc) is 2.94. The molecular formula is C23H27N3O4. The molecule has 7 nitrogen and oxygen atoms in total. The van der Waals surface area contributed by atoms with Crippen LogP contribution in [0.1, 0.15) is 24.8 Å². The van der Waals surface area contributed by atoms with Crippen LogP contribution in [0.2, 0.25) is 0 Å². The Labute approximate surface area is 176 Å². The maximum atomic E-state index is 12.5. The smallest absolute Gasteiger partial charge is 0.319 e. The molecule has 4 rings (SSSR count). The van der Waals surface area contributed by atoms with E-state index in [1.807, 2.05) is 35.2 Å². The number of urea groups is 1. The van der Waals surface area contributed by atoms with Crippen molar-refractivity contribution < 1.29 is 19.1 Å². The molecule has 7 heteroatoms. The van der Waals surface area contributed by atoms with Crippen LogP contribution in [0.25, 0.3) is 0 Å². The number of ether oxygens (including phenoxy) is 2. The number of rotatable bonds is 5. The number of fused-ring (bicyclic) bond motifs is 1. The van der Waals surface area contributed by atoms with E-state index in [1.165, 1.54) is 0 Å². The van der Waals surface area contributed by atoms with Crippen molar-refractivity contribution in [3.05, 3.63) is 54.1 Å². The maximum absolute atomic E-state index is 12.5. The molecule has 3 amide bonds. The standard InChI is InChI=1S/C23H27N3O4/c27-22-9-6-17(10-11-26(22)16-18-4-2-1-3-5-18)15-24-23(28)25-19-7-8-20-21(14-19)30-13-12-29-20/h1-5,7-8,14,17H,6,9-13,15-16H2,(H2,24,25,28). The topological polar surface area (TPSA) is 79.9 Å². The van der Waals surface area contributed by atoms with Crippen LogP contribution >= 0.6 is 0 Å². The summed E-state index contributed by atoms with van der Waals surface area (Å²) >= 11 is 0. The third-order valence-electron chi connectivity index (χ3n) is 5.49. The summed E-state index contributed by atoms with van der Waals surface area (Å²) in [6.45, 7) is 2.94. The summed E-state index contributed by atoms with van der Waals surface area (Å²) in [7, 11) is 0. The lowest BCUT2D eigenvalue weighted by atomic mass is 10.0. The number of nitrogens with one attached hydrogen (secondary N) is 2. The van der Waals surface area contributed by atoms with Gasteiger partial charge >= 0.3 is 6.03 Å². The summed E-state index contributed by atoms with van der Waals surface area (Å²) in [5.41, 5.74) is 1.79. The maximum Gasteiger partial charge on any atom is 0.319 e. The van der Waals surface area contributed by atoms with E-state index >= 15 is 0 Å². The van der Waals surface area contributed by atoms with E-state index in [9.17, 15) is 9.59 Å². The van der Waals surface area contributed by atoms with Gasteiger partial charge in [0.2, 0.25) is 5.91 Å². The van der Waals surface area contributed by atoms with Crippen molar-refractivity contribution in [1.82, 2.24) is 10.2 Å². The molecule has 1 atom stereocenters. The molecule has 2 aromatic rings. The van der Waals surface area contributed by atoms with Crippen LogP contribution in [0.4, 0.5) is 10.5 Å². The van der Waals surface area contributed by atoms with Crippen molar-refractivity contribution in [2.45, 2.75) is 25.8 Å². The van der Waals surface area contributed by atoms with Crippen molar-refractivity contribution in [2.24, 2.45) is 5.92 Å². The fourth-order valence-electron chi connectivity index (χ4n) is 3.80. The third-order valence-corrected chi connectivity index (χ3v) is 5.49. The summed E-state index contributed by atoms with van der Waals surface area (Å²) in [5, 5.41) is 5.77. The van der Waals surface area contributed by atoms with Crippen LogP contribution in [0.15, 0.2) is 48.5 Å². The molecule has 1 saturated heterocycles. The zero-order chi connectivity index (χ0) is 20.8. The Morgan fingerprint density at radius 2 is 1.83 bits per heavy atom. The van der Waals surface area contributed by atoms with Crippen molar-refractivity contribution in [2.75, 3.05) is 31.6 Å². The Morgan fingerprint density at radius 3 is 2.67 bits per heavy atom. The van der Waals surface area contributed by atoms with Crippen LogP contribution < -0.4 is 20.1 Å². The monoisotopic (exact) mass is 409 g/mol. The fourth-order valence-corrected chi connectivity index (χ4v) is 3.80. The Hall–Kier alpha value is -3.22. The lowest BCUT2D eigenvalue weighted by Crippen LogP contribution is -2.33. The molecule has 0 aromatic heterocycles. The summed E-state index contributed by atoms with van der Waals surface area (Å²) in [6, 6.07) is 15.1. The Balaban J connectivity index is 1.25. The summed E-state index contributed by atoms with van der Waals surface area (Å²) in [4.78, 5) is 26.7. The van der Waals surface area contributed by atoms with Gasteiger partial charge in [0.15, 0.2) is 11.5 Å². The van der Waals surface area contributed by atoms with Crippen molar-refractivity contribution in [1.29, 1.82) is 0 Å². The quantitative estimate of drug-likeness (QED) is 0.793. The summed E-state index contributed by atoms with van der Waals surface area (Å²) in [6.07, 6.45) is 2.18. The highest BCUT2D eigenvalue weighted by atomic mass is 16.6. The zero-order valence-electron chi connectivity index (χ0n) is 16.9. The van der Waals surface area contributed by atoms with Crippen LogP contribution in [-0.4, -0.2) is 43.1 Å². The molecule has 0 spiro atoms. The van der Waals surface area contributed by atoms with Gasteiger partial charge in [-0.05, 0) is 36.5 Å². The molecule has 30 heavy (non-hydrogen) atoms. The second-order valence-corrected chi connectivity index (χ2v) is 7.69. The van der Waals surface area contributed by atoms with Crippen LogP contribution in [0.5, 0.6) is 11.5 Å². The average molecular weight is 409 g/mol. The van der Waals surface area contributed by atoms with Crippen molar-refractivity contribution in [3.8, 4) is 11.5 Å². The Morgan fingerprint density at radius 1 is 1.03 bits per heavy atom. The number of anilines is 1. The molecule has 2 aliphatic heterocycles. The predicted octanol–water partition coefficient (Wildman–Crippen LogP) is 3.41. The van der Waals surface area contributed by atoms with Gasteiger partial charge in [-0.25, -0.2) is 4.79 Å². The number of likely N-dealkylation sites (tertiary alicyclic amines) is 1. The first-order valence-corrected chi connectivity index (χ1v) is 10.4. The highest BCUT2D eigenvalue weighted by Gasteiger charge is 2.23. The first kappa shape index (κ1) is 20.1. The first-order valence-electron chi connectivity index (χ1n) is 10.4. The molecule has 0 bridgehead atoms. The van der Waals surface area contributed by atoms with Gasteiger partial charge in [-0.2, -0.15) is 0 Å². The van der Waals surface area contributed by atoms with E-state index in [1.54, 1.807) is 18.2 Å². The second-order valence-electron chi connectivity index (χ2n) is 7.69. The number of amides is 3. The van der Waals surface area contributed by atoms with Gasteiger partial charge in [0.25, 0.3) is 0 Å². The van der Waals surface area contributed by atoms with Gasteiger partial charge in [0, 0.05) is 37.8 Å². The molecule has 0 aliphatic carbocycles. The number of carbonyl (C=O) groups excluding carboxylic acids is 2. The highest BCUT2D eigenvalue weighted by Crippen LogP contribution is 2.32. The molecule has 2 aliphatic rings. The minimum absolute atomic E-state index is 0.182. The normalized spacial score (nSPS) is 18.5. The van der Waals surface area contributed by atoms with Gasteiger partial charge in [0.05, 0.1) is 0 Å². The molecule has 2 N–H and O–H groups in total. The lowest BCUT2D eigenvalue weighted by Gasteiger charge is -2.21. The highest BCUT2D eigenvalue weighted by molar-refractivity contribution is 5.89. The second kappa shape index (κ2) is 9.52. The van der Waals surface area contributed by atoms with Crippen LogP contribution in [-0.2, 0) is 11.3 Å².